The van der Waals surface area contributed by atoms with Crippen LogP contribution in [0.25, 0.3) is 0 Å². The number of rotatable bonds is 6. The Bertz CT molecular complexity index is 151. The Hall–Kier alpha value is 0.150. The third-order valence-corrected chi connectivity index (χ3v) is 2.35. The summed E-state index contributed by atoms with van der Waals surface area (Å²) in [5.41, 5.74) is 0. The van der Waals surface area contributed by atoms with Gasteiger partial charge in [0.2, 0.25) is 0 Å². The molecule has 1 N–H and O–H groups in total. The second-order valence-electron chi connectivity index (χ2n) is 1.80. The largest absolute Gasteiger partial charge is 0.306 e. The van der Waals surface area contributed by atoms with Gasteiger partial charge in [-0.2, -0.15) is 0 Å². The van der Waals surface area contributed by atoms with E-state index < -0.39 is 22.2 Å². The van der Waals surface area contributed by atoms with Crippen molar-refractivity contribution in [2.75, 3.05) is 11.5 Å². The number of halogens is 1. The van der Waals surface area contributed by atoms with Gasteiger partial charge < -0.3 is 4.55 Å². The van der Waals surface area contributed by atoms with Gasteiger partial charge in [-0.15, -0.1) is 0 Å². The SMILES string of the molecule is O=S(O)CCCCS(=O)OF. The summed E-state index contributed by atoms with van der Waals surface area (Å²) in [6.07, 6.45) is 0.862. The van der Waals surface area contributed by atoms with Gasteiger partial charge >= 0.3 is 0 Å². The van der Waals surface area contributed by atoms with Gasteiger partial charge in [0.05, 0.1) is 5.75 Å². The van der Waals surface area contributed by atoms with E-state index in [1.807, 2.05) is 0 Å². The van der Waals surface area contributed by atoms with E-state index in [4.69, 9.17) is 4.55 Å². The molecular weight excluding hydrogens is 195 g/mol. The summed E-state index contributed by atoms with van der Waals surface area (Å²) in [5, 5.41) is 0. The molecule has 2 unspecified atom stereocenters. The van der Waals surface area contributed by atoms with Crippen LogP contribution in [0.2, 0.25) is 0 Å². The molecule has 7 heteroatoms. The third-order valence-electron chi connectivity index (χ3n) is 0.950. The molecule has 0 bridgehead atoms. The smallest absolute Gasteiger partial charge is 0.192 e. The van der Waals surface area contributed by atoms with Crippen LogP contribution in [-0.4, -0.2) is 24.5 Å². The standard InChI is InChI=1S/C4H9FO4S2/c5-9-11(8)4-2-1-3-10(6)7/h1-4H2,(H,6,7). The van der Waals surface area contributed by atoms with E-state index in [1.54, 1.807) is 0 Å². The molecular formula is C4H9FO4S2. The second kappa shape index (κ2) is 6.84. The first-order chi connectivity index (χ1) is 5.16. The van der Waals surface area contributed by atoms with Crippen molar-refractivity contribution in [2.24, 2.45) is 0 Å². The summed E-state index contributed by atoms with van der Waals surface area (Å²) >= 11 is -3.70. The van der Waals surface area contributed by atoms with Crippen LogP contribution in [0.1, 0.15) is 12.8 Å². The van der Waals surface area contributed by atoms with Crippen LogP contribution in [0.15, 0.2) is 0 Å². The van der Waals surface area contributed by atoms with Gasteiger partial charge in [0.25, 0.3) is 0 Å². The number of hydrogen-bond acceptors (Lipinski definition) is 3. The Labute approximate surface area is 69.0 Å². The molecule has 68 valence electrons. The van der Waals surface area contributed by atoms with Crippen LogP contribution in [0.4, 0.5) is 4.53 Å². The zero-order chi connectivity index (χ0) is 8.69. The fourth-order valence-corrected chi connectivity index (χ4v) is 1.43. The summed E-state index contributed by atoms with van der Waals surface area (Å²) in [6, 6.07) is 0. The van der Waals surface area contributed by atoms with Gasteiger partial charge in [-0.3, -0.25) is 0 Å². The van der Waals surface area contributed by atoms with Crippen molar-refractivity contribution in [3.63, 3.8) is 0 Å². The molecule has 11 heavy (non-hydrogen) atoms. The molecule has 0 fully saturated rings. The Morgan fingerprint density at radius 3 is 2.27 bits per heavy atom. The molecule has 0 aliphatic rings. The maximum Gasteiger partial charge on any atom is 0.192 e. The lowest BCUT2D eigenvalue weighted by molar-refractivity contribution is 0.0126. The molecule has 0 saturated carbocycles. The van der Waals surface area contributed by atoms with Gasteiger partial charge in [0.1, 0.15) is 0 Å². The summed E-state index contributed by atoms with van der Waals surface area (Å²) in [4.78, 5) is 0. The lowest BCUT2D eigenvalue weighted by Gasteiger charge is -1.94. The van der Waals surface area contributed by atoms with Crippen molar-refractivity contribution >= 4 is 22.2 Å². The van der Waals surface area contributed by atoms with Gasteiger partial charge in [0, 0.05) is 5.75 Å². The molecule has 0 radical (unpaired) electrons. The maximum absolute atomic E-state index is 11.1. The molecule has 0 spiro atoms. The molecule has 0 aliphatic heterocycles. The molecule has 4 nitrogen and oxygen atoms in total. The average Bonchev–Trinajstić information content (AvgIpc) is 1.97. The normalized spacial score (nSPS) is 16.2. The predicted molar refractivity (Wildman–Crippen MR) is 40.1 cm³/mol. The highest BCUT2D eigenvalue weighted by Crippen LogP contribution is 1.95. The zero-order valence-corrected chi connectivity index (χ0v) is 7.33. The van der Waals surface area contributed by atoms with Crippen molar-refractivity contribution in [3.8, 4) is 0 Å². The molecule has 0 amide bonds. The molecule has 0 aromatic carbocycles. The second-order valence-corrected chi connectivity index (χ2v) is 4.00. The molecule has 2 atom stereocenters. The van der Waals surface area contributed by atoms with Gasteiger partial charge in [0.15, 0.2) is 22.2 Å². The monoisotopic (exact) mass is 204 g/mol. The van der Waals surface area contributed by atoms with E-state index in [9.17, 15) is 12.9 Å². The van der Waals surface area contributed by atoms with Crippen molar-refractivity contribution in [3.05, 3.63) is 0 Å². The quantitative estimate of drug-likeness (QED) is 0.507. The van der Waals surface area contributed by atoms with Crippen molar-refractivity contribution in [2.45, 2.75) is 12.8 Å². The Balaban J connectivity index is 3.14. The van der Waals surface area contributed by atoms with Gasteiger partial charge in [-0.25, -0.2) is 8.42 Å². The first-order valence-electron chi connectivity index (χ1n) is 2.91. The minimum atomic E-state index is -1.89. The molecule has 0 rings (SSSR count). The van der Waals surface area contributed by atoms with E-state index in [-0.39, 0.29) is 11.5 Å². The highest BCUT2D eigenvalue weighted by atomic mass is 32.2. The molecule has 0 saturated heterocycles. The van der Waals surface area contributed by atoms with Gasteiger partial charge in [-0.05, 0) is 17.4 Å². The molecule has 0 aliphatic carbocycles. The summed E-state index contributed by atoms with van der Waals surface area (Å²) < 4.78 is 42.6. The van der Waals surface area contributed by atoms with E-state index >= 15 is 0 Å². The van der Waals surface area contributed by atoms with E-state index in [1.165, 1.54) is 0 Å². The zero-order valence-electron chi connectivity index (χ0n) is 5.69. The van der Waals surface area contributed by atoms with Crippen LogP contribution < -0.4 is 0 Å². The molecule has 0 aromatic heterocycles. The lowest BCUT2D eigenvalue weighted by atomic mass is 10.4. The van der Waals surface area contributed by atoms with Crippen LogP contribution in [0, 0.1) is 0 Å². The van der Waals surface area contributed by atoms with Crippen LogP contribution in [-0.2, 0) is 26.5 Å². The Morgan fingerprint density at radius 1 is 1.27 bits per heavy atom. The Kier molecular flexibility index (Phi) is 6.93. The van der Waals surface area contributed by atoms with Crippen molar-refractivity contribution < 1.29 is 21.9 Å². The number of unbranched alkanes of at least 4 members (excludes halogenated alkanes) is 1. The maximum atomic E-state index is 11.1. The van der Waals surface area contributed by atoms with E-state index in [0.29, 0.717) is 12.8 Å². The molecule has 0 heterocycles. The van der Waals surface area contributed by atoms with Crippen LogP contribution in [0.3, 0.4) is 0 Å². The predicted octanol–water partition coefficient (Wildman–Crippen LogP) is 0.553. The topological polar surface area (TPSA) is 63.6 Å². The van der Waals surface area contributed by atoms with E-state index in [2.05, 4.69) is 4.39 Å². The highest BCUT2D eigenvalue weighted by Gasteiger charge is 2.00. The summed E-state index contributed by atoms with van der Waals surface area (Å²) in [5.74, 6) is 0.192. The fourth-order valence-electron chi connectivity index (χ4n) is 0.477. The summed E-state index contributed by atoms with van der Waals surface area (Å²) in [6.45, 7) is 0. The lowest BCUT2D eigenvalue weighted by Crippen LogP contribution is -2.00. The first-order valence-corrected chi connectivity index (χ1v) is 5.43. The highest BCUT2D eigenvalue weighted by molar-refractivity contribution is 7.80. The Morgan fingerprint density at radius 2 is 1.82 bits per heavy atom. The van der Waals surface area contributed by atoms with Gasteiger partial charge in [-0.1, -0.05) is 4.39 Å². The molecule has 0 aromatic rings. The minimum absolute atomic E-state index is 0.0632. The van der Waals surface area contributed by atoms with Crippen molar-refractivity contribution in [1.29, 1.82) is 0 Å². The minimum Gasteiger partial charge on any atom is -0.306 e. The van der Waals surface area contributed by atoms with E-state index in [0.717, 1.165) is 0 Å². The third kappa shape index (κ3) is 8.05. The summed E-state index contributed by atoms with van der Waals surface area (Å²) in [7, 11) is 0. The van der Waals surface area contributed by atoms with Crippen LogP contribution >= 0.6 is 0 Å². The fraction of sp³-hybridized carbons (Fsp3) is 1.00. The first kappa shape index (κ1) is 11.2. The number of hydrogen-bond donors (Lipinski definition) is 1. The van der Waals surface area contributed by atoms with Crippen molar-refractivity contribution in [1.82, 2.24) is 0 Å². The average molecular weight is 204 g/mol. The van der Waals surface area contributed by atoms with Crippen LogP contribution in [0.5, 0.6) is 0 Å².